The zero-order valence-electron chi connectivity index (χ0n) is 15.9. The van der Waals surface area contributed by atoms with Gasteiger partial charge in [-0.3, -0.25) is 9.89 Å². The molecule has 6 nitrogen and oxygen atoms in total. The maximum atomic E-state index is 13.4. The Morgan fingerprint density at radius 1 is 1.19 bits per heavy atom. The highest BCUT2D eigenvalue weighted by molar-refractivity contribution is 5.79. The number of hydrogen-bond donors (Lipinski definition) is 2. The number of ether oxygens (including phenoxy) is 1. The van der Waals surface area contributed by atoms with Gasteiger partial charge in [0.2, 0.25) is 0 Å². The number of halogens is 2. The zero-order chi connectivity index (χ0) is 19.1. The molecule has 150 valence electrons. The number of rotatable bonds is 6. The van der Waals surface area contributed by atoms with Crippen LogP contribution in [-0.4, -0.2) is 76.9 Å². The molecule has 0 aromatic heterocycles. The van der Waals surface area contributed by atoms with Crippen molar-refractivity contribution in [3.8, 4) is 0 Å². The van der Waals surface area contributed by atoms with Gasteiger partial charge in [-0.1, -0.05) is 0 Å². The molecule has 2 heterocycles. The fourth-order valence-corrected chi connectivity index (χ4v) is 3.53. The van der Waals surface area contributed by atoms with Gasteiger partial charge in [0.25, 0.3) is 0 Å². The van der Waals surface area contributed by atoms with E-state index in [0.717, 1.165) is 77.1 Å². The van der Waals surface area contributed by atoms with Gasteiger partial charge in [0.15, 0.2) is 17.6 Å². The number of nitrogens with one attached hydrogen (secondary N) is 2. The van der Waals surface area contributed by atoms with Crippen LogP contribution in [0.5, 0.6) is 0 Å². The van der Waals surface area contributed by atoms with E-state index < -0.39 is 11.6 Å². The first-order chi connectivity index (χ1) is 13.2. The van der Waals surface area contributed by atoms with Crippen molar-refractivity contribution in [2.45, 2.75) is 6.42 Å². The Labute approximate surface area is 159 Å². The van der Waals surface area contributed by atoms with Crippen molar-refractivity contribution in [2.24, 2.45) is 10.9 Å². The lowest BCUT2D eigenvalue weighted by atomic mass is 10.1. The van der Waals surface area contributed by atoms with E-state index in [9.17, 15) is 8.78 Å². The van der Waals surface area contributed by atoms with Crippen LogP contribution in [0, 0.1) is 17.6 Å². The van der Waals surface area contributed by atoms with Crippen molar-refractivity contribution in [3.63, 3.8) is 0 Å². The maximum absolute atomic E-state index is 13.4. The van der Waals surface area contributed by atoms with Crippen LogP contribution in [0.1, 0.15) is 6.42 Å². The van der Waals surface area contributed by atoms with Gasteiger partial charge in [0, 0.05) is 64.6 Å². The Kier molecular flexibility index (Phi) is 7.23. The Morgan fingerprint density at radius 2 is 2.00 bits per heavy atom. The van der Waals surface area contributed by atoms with E-state index in [2.05, 4.69) is 25.4 Å². The second-order valence-electron chi connectivity index (χ2n) is 7.03. The summed E-state index contributed by atoms with van der Waals surface area (Å²) in [6.45, 7) is 7.86. The summed E-state index contributed by atoms with van der Waals surface area (Å²) in [5, 5.41) is 6.73. The van der Waals surface area contributed by atoms with E-state index in [1.54, 1.807) is 13.1 Å². The van der Waals surface area contributed by atoms with Crippen molar-refractivity contribution in [2.75, 3.05) is 71.0 Å². The Balaban J connectivity index is 1.38. The number of anilines is 1. The monoisotopic (exact) mass is 381 g/mol. The lowest BCUT2D eigenvalue weighted by Gasteiger charge is -2.26. The molecule has 8 heteroatoms. The first kappa shape index (κ1) is 19.8. The molecular formula is C19H29F2N5O. The molecule has 1 aromatic carbocycles. The summed E-state index contributed by atoms with van der Waals surface area (Å²) in [5.41, 5.74) is 0.740. The fraction of sp³-hybridized carbons (Fsp3) is 0.632. The lowest BCUT2D eigenvalue weighted by Crippen LogP contribution is -2.45. The topological polar surface area (TPSA) is 52.1 Å². The Bertz CT molecular complexity index is 637. The van der Waals surface area contributed by atoms with E-state index in [4.69, 9.17) is 4.74 Å². The maximum Gasteiger partial charge on any atom is 0.191 e. The highest BCUT2D eigenvalue weighted by atomic mass is 19.2. The number of guanidine groups is 1. The van der Waals surface area contributed by atoms with Gasteiger partial charge in [0.05, 0.1) is 13.2 Å². The third-order valence-corrected chi connectivity index (χ3v) is 5.16. The second kappa shape index (κ2) is 9.85. The van der Waals surface area contributed by atoms with Gasteiger partial charge in [0.1, 0.15) is 0 Å². The normalized spacial score (nSPS) is 21.5. The quantitative estimate of drug-likeness (QED) is 0.575. The minimum Gasteiger partial charge on any atom is -0.379 e. The molecule has 1 aromatic rings. The molecule has 2 aliphatic heterocycles. The molecule has 0 amide bonds. The SMILES string of the molecule is CN=C(NCCN1CCOCC1)NCC1CCN(c2ccc(F)c(F)c2)C1. The highest BCUT2D eigenvalue weighted by Crippen LogP contribution is 2.24. The summed E-state index contributed by atoms with van der Waals surface area (Å²) in [4.78, 5) is 8.75. The van der Waals surface area contributed by atoms with Crippen molar-refractivity contribution in [1.29, 1.82) is 0 Å². The van der Waals surface area contributed by atoms with Gasteiger partial charge >= 0.3 is 0 Å². The molecule has 1 atom stereocenters. The molecule has 0 spiro atoms. The second-order valence-corrected chi connectivity index (χ2v) is 7.03. The standard InChI is InChI=1S/C19H29F2N5O/c1-22-19(23-5-7-25-8-10-27-11-9-25)24-13-15-4-6-26(14-15)16-2-3-17(20)18(21)12-16/h2-3,12,15H,4-11,13-14H2,1H3,(H2,22,23,24). The minimum absolute atomic E-state index is 0.441. The third-order valence-electron chi connectivity index (χ3n) is 5.16. The van der Waals surface area contributed by atoms with E-state index in [1.807, 2.05) is 0 Å². The van der Waals surface area contributed by atoms with E-state index in [-0.39, 0.29) is 0 Å². The predicted molar refractivity (Wildman–Crippen MR) is 103 cm³/mol. The summed E-state index contributed by atoms with van der Waals surface area (Å²) in [6, 6.07) is 4.11. The molecule has 2 N–H and O–H groups in total. The van der Waals surface area contributed by atoms with E-state index in [1.165, 1.54) is 12.1 Å². The van der Waals surface area contributed by atoms with Crippen LogP contribution in [0.4, 0.5) is 14.5 Å². The number of hydrogen-bond acceptors (Lipinski definition) is 4. The van der Waals surface area contributed by atoms with Crippen LogP contribution < -0.4 is 15.5 Å². The van der Waals surface area contributed by atoms with E-state index in [0.29, 0.717) is 5.92 Å². The van der Waals surface area contributed by atoms with Crippen molar-refractivity contribution in [3.05, 3.63) is 29.8 Å². The van der Waals surface area contributed by atoms with Crippen molar-refractivity contribution < 1.29 is 13.5 Å². The molecule has 0 aliphatic carbocycles. The molecule has 2 fully saturated rings. The van der Waals surface area contributed by atoms with E-state index >= 15 is 0 Å². The fourth-order valence-electron chi connectivity index (χ4n) is 3.53. The molecular weight excluding hydrogens is 352 g/mol. The van der Waals surface area contributed by atoms with Crippen LogP contribution in [0.2, 0.25) is 0 Å². The first-order valence-electron chi connectivity index (χ1n) is 9.60. The highest BCUT2D eigenvalue weighted by Gasteiger charge is 2.23. The molecule has 27 heavy (non-hydrogen) atoms. The Morgan fingerprint density at radius 3 is 2.74 bits per heavy atom. The summed E-state index contributed by atoms with van der Waals surface area (Å²) in [6.07, 6.45) is 1.01. The molecule has 0 saturated carbocycles. The van der Waals surface area contributed by atoms with Crippen LogP contribution >= 0.6 is 0 Å². The third kappa shape index (κ3) is 5.77. The first-order valence-corrected chi connectivity index (χ1v) is 9.60. The minimum atomic E-state index is -0.803. The summed E-state index contributed by atoms with van der Waals surface area (Å²) in [5.74, 6) is -0.354. The largest absolute Gasteiger partial charge is 0.379 e. The van der Waals surface area contributed by atoms with Gasteiger partial charge in [-0.15, -0.1) is 0 Å². The number of morpholine rings is 1. The van der Waals surface area contributed by atoms with Gasteiger partial charge in [-0.05, 0) is 24.5 Å². The number of benzene rings is 1. The van der Waals surface area contributed by atoms with Gasteiger partial charge < -0.3 is 20.3 Å². The van der Waals surface area contributed by atoms with Crippen molar-refractivity contribution in [1.82, 2.24) is 15.5 Å². The zero-order valence-corrected chi connectivity index (χ0v) is 15.9. The average Bonchev–Trinajstić information content (AvgIpc) is 3.16. The molecule has 1 unspecified atom stereocenters. The molecule has 2 saturated heterocycles. The molecule has 0 radical (unpaired) electrons. The lowest BCUT2D eigenvalue weighted by molar-refractivity contribution is 0.0389. The van der Waals surface area contributed by atoms with Crippen LogP contribution in [0.15, 0.2) is 23.2 Å². The Hall–Kier alpha value is -1.93. The molecule has 3 rings (SSSR count). The summed E-state index contributed by atoms with van der Waals surface area (Å²) < 4.78 is 31.9. The number of aliphatic imine (C=N–C) groups is 1. The molecule has 2 aliphatic rings. The smallest absolute Gasteiger partial charge is 0.191 e. The van der Waals surface area contributed by atoms with Crippen LogP contribution in [0.25, 0.3) is 0 Å². The number of nitrogens with zero attached hydrogens (tertiary/aromatic N) is 3. The summed E-state index contributed by atoms with van der Waals surface area (Å²) >= 11 is 0. The molecule has 0 bridgehead atoms. The van der Waals surface area contributed by atoms with Crippen LogP contribution in [-0.2, 0) is 4.74 Å². The predicted octanol–water partition coefficient (Wildman–Crippen LogP) is 1.29. The van der Waals surface area contributed by atoms with Gasteiger partial charge in [-0.25, -0.2) is 8.78 Å². The van der Waals surface area contributed by atoms with Gasteiger partial charge in [-0.2, -0.15) is 0 Å². The van der Waals surface area contributed by atoms with Crippen molar-refractivity contribution >= 4 is 11.6 Å². The average molecular weight is 381 g/mol. The van der Waals surface area contributed by atoms with Crippen LogP contribution in [0.3, 0.4) is 0 Å². The summed E-state index contributed by atoms with van der Waals surface area (Å²) in [7, 11) is 1.77.